The first-order chi connectivity index (χ1) is 9.84. The molecule has 2 rings (SSSR count). The molecule has 1 N–H and O–H groups in total. The van der Waals surface area contributed by atoms with Crippen LogP contribution in [0.2, 0.25) is 0 Å². The summed E-state index contributed by atoms with van der Waals surface area (Å²) in [5.41, 5.74) is 1.48. The minimum absolute atomic E-state index is 0.149. The van der Waals surface area contributed by atoms with Crippen LogP contribution in [0, 0.1) is 0 Å². The number of benzene rings is 2. The zero-order chi connectivity index (χ0) is 15.5. The first-order valence-corrected chi connectivity index (χ1v) is 8.87. The molecule has 6 heteroatoms. The Hall–Kier alpha value is -1.66. The van der Waals surface area contributed by atoms with Gasteiger partial charge in [-0.05, 0) is 42.0 Å². The topological polar surface area (TPSA) is 63.2 Å². The van der Waals surface area contributed by atoms with E-state index in [0.717, 1.165) is 22.0 Å². The lowest BCUT2D eigenvalue weighted by molar-refractivity contribution is -0.115. The molecule has 0 aliphatic heterocycles. The van der Waals surface area contributed by atoms with Gasteiger partial charge in [0.25, 0.3) is 0 Å². The van der Waals surface area contributed by atoms with Crippen molar-refractivity contribution in [2.75, 3.05) is 11.6 Å². The van der Waals surface area contributed by atoms with Gasteiger partial charge >= 0.3 is 0 Å². The molecule has 0 spiro atoms. The maximum atomic E-state index is 11.9. The van der Waals surface area contributed by atoms with E-state index in [1.165, 1.54) is 12.1 Å². The molecule has 0 fully saturated rings. The fourth-order valence-electron chi connectivity index (χ4n) is 1.78. The molecular weight excluding hydrogens is 354 g/mol. The Morgan fingerprint density at radius 1 is 1.05 bits per heavy atom. The lowest BCUT2D eigenvalue weighted by Gasteiger charge is -2.06. The van der Waals surface area contributed by atoms with Gasteiger partial charge in [0.2, 0.25) is 5.91 Å². The third-order valence-electron chi connectivity index (χ3n) is 2.84. The molecule has 110 valence electrons. The van der Waals surface area contributed by atoms with Crippen LogP contribution < -0.4 is 5.32 Å². The quantitative estimate of drug-likeness (QED) is 0.902. The normalized spacial score (nSPS) is 11.1. The van der Waals surface area contributed by atoms with Crippen molar-refractivity contribution in [1.29, 1.82) is 0 Å². The molecule has 4 nitrogen and oxygen atoms in total. The second-order valence-corrected chi connectivity index (χ2v) is 7.58. The summed E-state index contributed by atoms with van der Waals surface area (Å²) in [5.74, 6) is -0.149. The Morgan fingerprint density at radius 2 is 1.62 bits per heavy atom. The molecule has 0 aliphatic carbocycles. The first kappa shape index (κ1) is 15.7. The predicted molar refractivity (Wildman–Crippen MR) is 86.0 cm³/mol. The number of rotatable bonds is 4. The molecule has 0 saturated carbocycles. The Kier molecular flexibility index (Phi) is 4.80. The number of carbonyl (C=O) groups is 1. The SMILES string of the molecule is CS(=O)(=O)c1ccc(CC(=O)Nc2ccc(Br)cc2)cc1. The van der Waals surface area contributed by atoms with Crippen molar-refractivity contribution in [3.05, 3.63) is 58.6 Å². The van der Waals surface area contributed by atoms with Gasteiger partial charge in [-0.2, -0.15) is 0 Å². The van der Waals surface area contributed by atoms with Gasteiger partial charge in [-0.1, -0.05) is 28.1 Å². The summed E-state index contributed by atoms with van der Waals surface area (Å²) in [6, 6.07) is 13.6. The minimum atomic E-state index is -3.21. The molecule has 1 amide bonds. The molecule has 2 aromatic carbocycles. The van der Waals surface area contributed by atoms with Crippen LogP contribution in [0.5, 0.6) is 0 Å². The Labute approximate surface area is 132 Å². The zero-order valence-electron chi connectivity index (χ0n) is 11.3. The number of halogens is 1. The van der Waals surface area contributed by atoms with Gasteiger partial charge in [0, 0.05) is 16.4 Å². The zero-order valence-corrected chi connectivity index (χ0v) is 13.7. The summed E-state index contributed by atoms with van der Waals surface area (Å²) in [5, 5.41) is 2.78. The van der Waals surface area contributed by atoms with E-state index in [9.17, 15) is 13.2 Å². The van der Waals surface area contributed by atoms with Gasteiger partial charge in [-0.25, -0.2) is 8.42 Å². The van der Waals surface area contributed by atoms with Crippen molar-refractivity contribution in [1.82, 2.24) is 0 Å². The molecule has 0 aliphatic rings. The fourth-order valence-corrected chi connectivity index (χ4v) is 2.67. The maximum Gasteiger partial charge on any atom is 0.228 e. The maximum absolute atomic E-state index is 11.9. The summed E-state index contributed by atoms with van der Waals surface area (Å²) in [4.78, 5) is 12.2. The summed E-state index contributed by atoms with van der Waals surface area (Å²) in [6.45, 7) is 0. The van der Waals surface area contributed by atoms with E-state index in [-0.39, 0.29) is 17.2 Å². The van der Waals surface area contributed by atoms with E-state index in [1.807, 2.05) is 12.1 Å². The molecule has 0 atom stereocenters. The standard InChI is InChI=1S/C15H14BrNO3S/c1-21(19,20)14-8-2-11(3-9-14)10-15(18)17-13-6-4-12(16)5-7-13/h2-9H,10H2,1H3,(H,17,18). The van der Waals surface area contributed by atoms with E-state index in [0.29, 0.717) is 0 Å². The Morgan fingerprint density at radius 3 is 2.14 bits per heavy atom. The molecule has 0 bridgehead atoms. The van der Waals surface area contributed by atoms with Gasteiger partial charge in [0.1, 0.15) is 0 Å². The van der Waals surface area contributed by atoms with Gasteiger partial charge in [0.15, 0.2) is 9.84 Å². The summed E-state index contributed by atoms with van der Waals surface area (Å²) in [6.07, 6.45) is 1.35. The van der Waals surface area contributed by atoms with Crippen LogP contribution in [-0.2, 0) is 21.1 Å². The lowest BCUT2D eigenvalue weighted by atomic mass is 10.1. The van der Waals surface area contributed by atoms with Crippen molar-refractivity contribution in [2.24, 2.45) is 0 Å². The van der Waals surface area contributed by atoms with Crippen molar-refractivity contribution in [2.45, 2.75) is 11.3 Å². The van der Waals surface area contributed by atoms with Crippen LogP contribution in [0.4, 0.5) is 5.69 Å². The highest BCUT2D eigenvalue weighted by atomic mass is 79.9. The summed E-state index contributed by atoms with van der Waals surface area (Å²) >= 11 is 3.33. The third kappa shape index (κ3) is 4.68. The average molecular weight is 368 g/mol. The minimum Gasteiger partial charge on any atom is -0.326 e. The lowest BCUT2D eigenvalue weighted by Crippen LogP contribution is -2.14. The molecule has 0 heterocycles. The third-order valence-corrected chi connectivity index (χ3v) is 4.50. The molecular formula is C15H14BrNO3S. The van der Waals surface area contributed by atoms with Crippen molar-refractivity contribution >= 4 is 37.4 Å². The Bertz CT molecular complexity index is 737. The van der Waals surface area contributed by atoms with Crippen LogP contribution in [0.1, 0.15) is 5.56 Å². The summed E-state index contributed by atoms with van der Waals surface area (Å²) < 4.78 is 23.6. The van der Waals surface area contributed by atoms with E-state index >= 15 is 0 Å². The molecule has 2 aromatic rings. The van der Waals surface area contributed by atoms with Gasteiger partial charge < -0.3 is 5.32 Å². The van der Waals surface area contributed by atoms with E-state index in [4.69, 9.17) is 0 Å². The number of nitrogens with one attached hydrogen (secondary N) is 1. The number of sulfone groups is 1. The number of amides is 1. The smallest absolute Gasteiger partial charge is 0.228 e. The highest BCUT2D eigenvalue weighted by Gasteiger charge is 2.08. The highest BCUT2D eigenvalue weighted by Crippen LogP contribution is 2.15. The number of carbonyl (C=O) groups excluding carboxylic acids is 1. The van der Waals surface area contributed by atoms with Crippen LogP contribution in [0.15, 0.2) is 57.9 Å². The van der Waals surface area contributed by atoms with E-state index in [1.54, 1.807) is 24.3 Å². The molecule has 0 unspecified atom stereocenters. The number of hydrogen-bond donors (Lipinski definition) is 1. The predicted octanol–water partition coefficient (Wildman–Crippen LogP) is 3.03. The van der Waals surface area contributed by atoms with Gasteiger partial charge in [-0.3, -0.25) is 4.79 Å². The average Bonchev–Trinajstić information content (AvgIpc) is 2.41. The molecule has 0 aromatic heterocycles. The van der Waals surface area contributed by atoms with Crippen LogP contribution in [0.3, 0.4) is 0 Å². The summed E-state index contributed by atoms with van der Waals surface area (Å²) in [7, 11) is -3.21. The molecule has 0 radical (unpaired) electrons. The van der Waals surface area contributed by atoms with Crippen LogP contribution in [0.25, 0.3) is 0 Å². The molecule has 0 saturated heterocycles. The van der Waals surface area contributed by atoms with Crippen molar-refractivity contribution in [3.8, 4) is 0 Å². The van der Waals surface area contributed by atoms with Crippen LogP contribution in [-0.4, -0.2) is 20.6 Å². The highest BCUT2D eigenvalue weighted by molar-refractivity contribution is 9.10. The van der Waals surface area contributed by atoms with Gasteiger partial charge in [-0.15, -0.1) is 0 Å². The van der Waals surface area contributed by atoms with Crippen molar-refractivity contribution in [3.63, 3.8) is 0 Å². The monoisotopic (exact) mass is 367 g/mol. The van der Waals surface area contributed by atoms with Gasteiger partial charge in [0.05, 0.1) is 11.3 Å². The van der Waals surface area contributed by atoms with Crippen molar-refractivity contribution < 1.29 is 13.2 Å². The molecule has 21 heavy (non-hydrogen) atoms. The van der Waals surface area contributed by atoms with E-state index < -0.39 is 9.84 Å². The van der Waals surface area contributed by atoms with E-state index in [2.05, 4.69) is 21.2 Å². The Balaban J connectivity index is 2.01. The largest absolute Gasteiger partial charge is 0.326 e. The fraction of sp³-hybridized carbons (Fsp3) is 0.133. The second kappa shape index (κ2) is 6.41. The second-order valence-electron chi connectivity index (χ2n) is 4.65. The number of hydrogen-bond acceptors (Lipinski definition) is 3. The first-order valence-electron chi connectivity index (χ1n) is 6.19. The van der Waals surface area contributed by atoms with Crippen LogP contribution >= 0.6 is 15.9 Å². The number of anilines is 1.